The average molecular weight is 333 g/mol. The lowest BCUT2D eigenvalue weighted by molar-refractivity contribution is -0.116. The summed E-state index contributed by atoms with van der Waals surface area (Å²) in [6.45, 7) is 0.444. The molecule has 1 amide bonds. The fourth-order valence-corrected chi connectivity index (χ4v) is 2.55. The van der Waals surface area contributed by atoms with E-state index in [2.05, 4.69) is 26.2 Å². The Morgan fingerprint density at radius 3 is 3.00 bits per heavy atom. The second-order valence-electron chi connectivity index (χ2n) is 4.67. The molecule has 2 aromatic rings. The molecule has 1 aromatic heterocycles. The highest BCUT2D eigenvalue weighted by atomic mass is 79.9. The molecule has 0 bridgehead atoms. The molecule has 0 aliphatic carbocycles. The van der Waals surface area contributed by atoms with E-state index in [1.54, 1.807) is 12.4 Å². The Morgan fingerprint density at radius 2 is 2.15 bits per heavy atom. The average Bonchev–Trinajstić information content (AvgIpc) is 2.45. The van der Waals surface area contributed by atoms with Gasteiger partial charge in [-0.2, -0.15) is 0 Å². The Bertz CT molecular complexity index is 658. The van der Waals surface area contributed by atoms with Gasteiger partial charge in [-0.25, -0.2) is 0 Å². The summed E-state index contributed by atoms with van der Waals surface area (Å²) >= 11 is 3.38. The van der Waals surface area contributed by atoms with E-state index in [4.69, 9.17) is 4.74 Å². The zero-order valence-corrected chi connectivity index (χ0v) is 12.3. The summed E-state index contributed by atoms with van der Waals surface area (Å²) in [5.41, 5.74) is 2.99. The van der Waals surface area contributed by atoms with E-state index in [9.17, 15) is 4.79 Å². The number of aromatic nitrogens is 1. The summed E-state index contributed by atoms with van der Waals surface area (Å²) in [5, 5.41) is 2.87. The summed E-state index contributed by atoms with van der Waals surface area (Å²) in [7, 11) is 0. The molecule has 0 saturated heterocycles. The maximum atomic E-state index is 11.4. The third-order valence-electron chi connectivity index (χ3n) is 3.14. The molecule has 3 rings (SSSR count). The quantitative estimate of drug-likeness (QED) is 0.938. The fourth-order valence-electron chi connectivity index (χ4n) is 2.14. The van der Waals surface area contributed by atoms with Gasteiger partial charge >= 0.3 is 0 Å². The van der Waals surface area contributed by atoms with Gasteiger partial charge in [0.1, 0.15) is 12.4 Å². The predicted molar refractivity (Wildman–Crippen MR) is 79.7 cm³/mol. The van der Waals surface area contributed by atoms with Crippen molar-refractivity contribution in [3.8, 4) is 5.75 Å². The third-order valence-corrected chi connectivity index (χ3v) is 3.58. The maximum absolute atomic E-state index is 11.4. The van der Waals surface area contributed by atoms with Gasteiger partial charge in [0.05, 0.1) is 0 Å². The molecule has 20 heavy (non-hydrogen) atoms. The highest BCUT2D eigenvalue weighted by molar-refractivity contribution is 9.10. The van der Waals surface area contributed by atoms with Crippen LogP contribution in [0, 0.1) is 0 Å². The first-order valence-electron chi connectivity index (χ1n) is 6.36. The molecular formula is C15H13BrN2O2. The minimum absolute atomic E-state index is 0.0610. The van der Waals surface area contributed by atoms with Crippen LogP contribution < -0.4 is 10.1 Å². The number of carbonyl (C=O) groups excluding carboxylic acids is 1. The van der Waals surface area contributed by atoms with Crippen LogP contribution >= 0.6 is 15.9 Å². The fraction of sp³-hybridized carbons (Fsp3) is 0.200. The molecule has 2 heterocycles. The summed E-state index contributed by atoms with van der Waals surface area (Å²) in [5.74, 6) is 0.803. The van der Waals surface area contributed by atoms with Crippen molar-refractivity contribution < 1.29 is 9.53 Å². The van der Waals surface area contributed by atoms with Crippen molar-refractivity contribution in [1.82, 2.24) is 4.98 Å². The molecule has 1 aromatic carbocycles. The van der Waals surface area contributed by atoms with E-state index in [1.807, 2.05) is 24.3 Å². The Labute approximate surface area is 125 Å². The number of halogens is 1. The van der Waals surface area contributed by atoms with Crippen molar-refractivity contribution in [1.29, 1.82) is 0 Å². The van der Waals surface area contributed by atoms with Gasteiger partial charge in [-0.15, -0.1) is 0 Å². The second kappa shape index (κ2) is 5.63. The number of pyridine rings is 1. The van der Waals surface area contributed by atoms with Crippen LogP contribution in [0.5, 0.6) is 5.75 Å². The third kappa shape index (κ3) is 2.99. The van der Waals surface area contributed by atoms with Crippen LogP contribution in [0.4, 0.5) is 5.69 Å². The molecule has 1 aliphatic heterocycles. The maximum Gasteiger partial charge on any atom is 0.224 e. The largest absolute Gasteiger partial charge is 0.489 e. The Balaban J connectivity index is 1.72. The van der Waals surface area contributed by atoms with Crippen molar-refractivity contribution in [2.75, 3.05) is 5.32 Å². The number of hydrogen-bond donors (Lipinski definition) is 1. The van der Waals surface area contributed by atoms with E-state index in [0.717, 1.165) is 33.5 Å². The summed E-state index contributed by atoms with van der Waals surface area (Å²) in [6, 6.07) is 7.77. The van der Waals surface area contributed by atoms with Gasteiger partial charge in [0.2, 0.25) is 5.91 Å². The van der Waals surface area contributed by atoms with Crippen molar-refractivity contribution >= 4 is 27.5 Å². The normalized spacial score (nSPS) is 13.6. The number of nitrogens with zero attached hydrogens (tertiary/aromatic N) is 1. The molecule has 0 radical (unpaired) electrons. The Hall–Kier alpha value is -1.88. The van der Waals surface area contributed by atoms with Crippen molar-refractivity contribution in [2.24, 2.45) is 0 Å². The van der Waals surface area contributed by atoms with Gasteiger partial charge in [-0.1, -0.05) is 6.07 Å². The van der Waals surface area contributed by atoms with Crippen LogP contribution in [-0.4, -0.2) is 10.9 Å². The van der Waals surface area contributed by atoms with Gasteiger partial charge in [-0.05, 0) is 40.0 Å². The van der Waals surface area contributed by atoms with Crippen molar-refractivity contribution in [2.45, 2.75) is 19.4 Å². The molecule has 1 N–H and O–H groups in total. The number of nitrogens with one attached hydrogen (secondary N) is 1. The Morgan fingerprint density at radius 1 is 1.25 bits per heavy atom. The number of hydrogen-bond acceptors (Lipinski definition) is 3. The Kier molecular flexibility index (Phi) is 3.69. The lowest BCUT2D eigenvalue weighted by atomic mass is 10.0. The van der Waals surface area contributed by atoms with E-state index >= 15 is 0 Å². The molecule has 5 heteroatoms. The minimum atomic E-state index is 0.0610. The lowest BCUT2D eigenvalue weighted by Gasteiger charge is -2.17. The molecule has 102 valence electrons. The van der Waals surface area contributed by atoms with E-state index in [0.29, 0.717) is 13.0 Å². The van der Waals surface area contributed by atoms with Gasteiger partial charge in [0, 0.05) is 40.6 Å². The first-order chi connectivity index (χ1) is 9.70. The predicted octanol–water partition coefficient (Wildman–Crippen LogP) is 3.31. The number of benzene rings is 1. The van der Waals surface area contributed by atoms with Crippen LogP contribution in [0.15, 0.2) is 41.1 Å². The highest BCUT2D eigenvalue weighted by Crippen LogP contribution is 2.27. The van der Waals surface area contributed by atoms with Crippen LogP contribution in [0.3, 0.4) is 0 Å². The number of rotatable bonds is 3. The van der Waals surface area contributed by atoms with Crippen molar-refractivity contribution in [3.05, 3.63) is 52.3 Å². The zero-order chi connectivity index (χ0) is 13.9. The number of aryl methyl sites for hydroxylation is 1. The molecule has 0 saturated carbocycles. The van der Waals surface area contributed by atoms with E-state index in [-0.39, 0.29) is 5.91 Å². The SMILES string of the molecule is O=C1CCc2ccc(OCc3cncc(Br)c3)cc2N1. The topological polar surface area (TPSA) is 51.2 Å². The summed E-state index contributed by atoms with van der Waals surface area (Å²) in [6.07, 6.45) is 4.84. The number of fused-ring (bicyclic) bond motifs is 1. The summed E-state index contributed by atoms with van der Waals surface area (Å²) < 4.78 is 6.66. The molecule has 0 fully saturated rings. The first kappa shape index (κ1) is 13.1. The summed E-state index contributed by atoms with van der Waals surface area (Å²) in [4.78, 5) is 15.5. The molecule has 0 unspecified atom stereocenters. The van der Waals surface area contributed by atoms with E-state index in [1.165, 1.54) is 0 Å². The van der Waals surface area contributed by atoms with Gasteiger partial charge in [0.25, 0.3) is 0 Å². The second-order valence-corrected chi connectivity index (χ2v) is 5.58. The smallest absolute Gasteiger partial charge is 0.224 e. The zero-order valence-electron chi connectivity index (χ0n) is 10.7. The van der Waals surface area contributed by atoms with Gasteiger partial charge in [0.15, 0.2) is 0 Å². The molecule has 0 atom stereocenters. The van der Waals surface area contributed by atoms with Gasteiger partial charge < -0.3 is 10.1 Å². The van der Waals surface area contributed by atoms with Crippen LogP contribution in [0.25, 0.3) is 0 Å². The first-order valence-corrected chi connectivity index (χ1v) is 7.15. The number of ether oxygens (including phenoxy) is 1. The van der Waals surface area contributed by atoms with Crippen LogP contribution in [0.2, 0.25) is 0 Å². The standard InChI is InChI=1S/C15H13BrN2O2/c16-12-5-10(7-17-8-12)9-20-13-3-1-11-2-4-15(19)18-14(11)6-13/h1,3,5-8H,2,4,9H2,(H,18,19). The molecule has 1 aliphatic rings. The van der Waals surface area contributed by atoms with E-state index < -0.39 is 0 Å². The monoisotopic (exact) mass is 332 g/mol. The molecular weight excluding hydrogens is 320 g/mol. The molecule has 4 nitrogen and oxygen atoms in total. The van der Waals surface area contributed by atoms with Crippen LogP contribution in [-0.2, 0) is 17.8 Å². The van der Waals surface area contributed by atoms with Crippen molar-refractivity contribution in [3.63, 3.8) is 0 Å². The van der Waals surface area contributed by atoms with Gasteiger partial charge in [-0.3, -0.25) is 9.78 Å². The lowest BCUT2D eigenvalue weighted by Crippen LogP contribution is -2.18. The minimum Gasteiger partial charge on any atom is -0.489 e. The van der Waals surface area contributed by atoms with Crippen LogP contribution in [0.1, 0.15) is 17.5 Å². The number of carbonyl (C=O) groups is 1. The number of amides is 1. The molecule has 0 spiro atoms. The highest BCUT2D eigenvalue weighted by Gasteiger charge is 2.15. The number of anilines is 1.